The lowest BCUT2D eigenvalue weighted by Gasteiger charge is -2.05. The molecule has 0 radical (unpaired) electrons. The van der Waals surface area contributed by atoms with E-state index in [1.165, 1.54) is 7.05 Å². The molecule has 12 heavy (non-hydrogen) atoms. The molecule has 1 N–H and O–H groups in total. The van der Waals surface area contributed by atoms with Gasteiger partial charge in [0.1, 0.15) is 0 Å². The molecule has 0 amide bonds. The lowest BCUT2D eigenvalue weighted by atomic mass is 11.0. The lowest BCUT2D eigenvalue weighted by molar-refractivity contribution is -0.684. The van der Waals surface area contributed by atoms with Gasteiger partial charge in [-0.05, 0) is 4.92 Å². The summed E-state index contributed by atoms with van der Waals surface area (Å²) < 4.78 is 0. The maximum Gasteiger partial charge on any atom is 0.535 e. The summed E-state index contributed by atoms with van der Waals surface area (Å²) in [6, 6.07) is 0. The summed E-state index contributed by atoms with van der Waals surface area (Å²) in [5.41, 5.74) is 2.05. The van der Waals surface area contributed by atoms with E-state index in [2.05, 4.69) is 5.10 Å². The van der Waals surface area contributed by atoms with Crippen LogP contribution in [0.4, 0.5) is 0 Å². The molecule has 1 aliphatic heterocycles. The van der Waals surface area contributed by atoms with Crippen molar-refractivity contribution in [2.45, 2.75) is 0 Å². The average molecular weight is 176 g/mol. The Kier molecular flexibility index (Phi) is 1.75. The zero-order chi connectivity index (χ0) is 9.30. The highest BCUT2D eigenvalue weighted by atomic mass is 16.7. The highest BCUT2D eigenvalue weighted by Gasteiger charge is 2.45. The highest BCUT2D eigenvalue weighted by molar-refractivity contribution is 5.70. The van der Waals surface area contributed by atoms with E-state index in [1.807, 2.05) is 5.53 Å². The summed E-state index contributed by atoms with van der Waals surface area (Å²) in [6.07, 6.45) is 0. The van der Waals surface area contributed by atoms with Crippen LogP contribution in [0.2, 0.25) is 0 Å². The second-order valence-corrected chi connectivity index (χ2v) is 1.82. The summed E-state index contributed by atoms with van der Waals surface area (Å²) >= 11 is 0. The van der Waals surface area contributed by atoms with Gasteiger partial charge in [-0.15, -0.1) is 5.53 Å². The Balaban J connectivity index is 2.88. The number of nitrogens with one attached hydrogen (secondary N) is 1. The Labute approximate surface area is 65.2 Å². The highest BCUT2D eigenvalue weighted by Crippen LogP contribution is 2.01. The van der Waals surface area contributed by atoms with Gasteiger partial charge in [0.2, 0.25) is 5.03 Å². The number of hydrazone groups is 1. The number of guanidine groups is 1. The minimum absolute atomic E-state index is 0.181. The maximum atomic E-state index is 10.2. The van der Waals surface area contributed by atoms with Crippen LogP contribution in [-0.4, -0.2) is 33.2 Å². The van der Waals surface area contributed by atoms with Gasteiger partial charge in [0.15, 0.2) is 5.12 Å². The van der Waals surface area contributed by atoms with Gasteiger partial charge in [-0.1, -0.05) is 0 Å². The minimum atomic E-state index is -0.959. The largest absolute Gasteiger partial charge is 0.535 e. The quantitative estimate of drug-likeness (QED) is 0.377. The standard InChI is InChI=1S/C2H4N6O4/c1-5-4-3-2(7(9)10)6(5)8(11)12/h4H,1H3. The lowest BCUT2D eigenvalue weighted by Crippen LogP contribution is -2.48. The molecule has 0 aromatic rings. The summed E-state index contributed by atoms with van der Waals surface area (Å²) in [5, 5.41) is 23.4. The molecule has 1 aliphatic rings. The van der Waals surface area contributed by atoms with E-state index in [1.54, 1.807) is 0 Å². The second kappa shape index (κ2) is 2.58. The Morgan fingerprint density at radius 1 is 1.50 bits per heavy atom. The summed E-state index contributed by atoms with van der Waals surface area (Å²) in [5.74, 6) is -0.873. The number of hydrogen-bond donors (Lipinski definition) is 1. The zero-order valence-electron chi connectivity index (χ0n) is 5.87. The van der Waals surface area contributed by atoms with Crippen LogP contribution in [0, 0.1) is 20.2 Å². The average Bonchev–Trinajstić information content (AvgIpc) is 2.30. The van der Waals surface area contributed by atoms with Gasteiger partial charge < -0.3 is 10.1 Å². The summed E-state index contributed by atoms with van der Waals surface area (Å²) in [7, 11) is 1.23. The molecule has 0 aliphatic carbocycles. The Bertz CT molecular complexity index is 260. The van der Waals surface area contributed by atoms with Crippen molar-refractivity contribution in [2.24, 2.45) is 5.10 Å². The summed E-state index contributed by atoms with van der Waals surface area (Å²) in [6.45, 7) is 0. The Hall–Kier alpha value is -1.97. The van der Waals surface area contributed by atoms with Gasteiger partial charge in [0, 0.05) is 10.2 Å². The molecule has 0 spiro atoms. The first kappa shape index (κ1) is 8.13. The predicted octanol–water partition coefficient (Wildman–Crippen LogP) is -1.61. The monoisotopic (exact) mass is 176 g/mol. The molecule has 10 nitrogen and oxygen atoms in total. The smallest absolute Gasteiger partial charge is 0.390 e. The van der Waals surface area contributed by atoms with Crippen LogP contribution in [0.5, 0.6) is 0 Å². The number of hydrazine groups is 3. The van der Waals surface area contributed by atoms with E-state index in [4.69, 9.17) is 0 Å². The van der Waals surface area contributed by atoms with Gasteiger partial charge in [-0.2, -0.15) is 0 Å². The molecule has 0 fully saturated rings. The predicted molar refractivity (Wildman–Crippen MR) is 34.2 cm³/mol. The Morgan fingerprint density at radius 2 is 2.08 bits per heavy atom. The SMILES string of the molecule is CN1NN=C([N+](=O)[O-])N1[N+](=O)[O-]. The first-order valence-corrected chi connectivity index (χ1v) is 2.70. The van der Waals surface area contributed by atoms with Crippen molar-refractivity contribution in [3.8, 4) is 0 Å². The van der Waals surface area contributed by atoms with Gasteiger partial charge in [0.05, 0.1) is 7.05 Å². The molecule has 1 rings (SSSR count). The van der Waals surface area contributed by atoms with Gasteiger partial charge >= 0.3 is 5.96 Å². The topological polar surface area (TPSA) is 117 Å². The molecular weight excluding hydrogens is 172 g/mol. The maximum absolute atomic E-state index is 10.2. The first-order chi connectivity index (χ1) is 5.54. The van der Waals surface area contributed by atoms with Crippen molar-refractivity contribution in [3.63, 3.8) is 0 Å². The second-order valence-electron chi connectivity index (χ2n) is 1.82. The molecule has 10 heteroatoms. The molecule has 0 bridgehead atoms. The van der Waals surface area contributed by atoms with Crippen LogP contribution in [-0.2, 0) is 0 Å². The van der Waals surface area contributed by atoms with Crippen LogP contribution in [0.25, 0.3) is 0 Å². The molecule has 66 valence electrons. The summed E-state index contributed by atoms with van der Waals surface area (Å²) in [4.78, 5) is 19.4. The van der Waals surface area contributed by atoms with E-state index in [-0.39, 0.29) is 5.12 Å². The van der Waals surface area contributed by atoms with Gasteiger partial charge in [0.25, 0.3) is 0 Å². The fourth-order valence-corrected chi connectivity index (χ4v) is 0.635. The first-order valence-electron chi connectivity index (χ1n) is 2.70. The molecule has 0 atom stereocenters. The molecule has 0 saturated heterocycles. The third-order valence-corrected chi connectivity index (χ3v) is 1.08. The number of nitrogens with zero attached hydrogens (tertiary/aromatic N) is 5. The van der Waals surface area contributed by atoms with Crippen LogP contribution in [0.3, 0.4) is 0 Å². The van der Waals surface area contributed by atoms with Crippen molar-refractivity contribution in [3.05, 3.63) is 20.2 Å². The van der Waals surface area contributed by atoms with E-state index in [9.17, 15) is 20.2 Å². The molecular formula is C2H4N6O4. The van der Waals surface area contributed by atoms with Gasteiger partial charge in [-0.3, -0.25) is 0 Å². The molecule has 0 saturated carbocycles. The van der Waals surface area contributed by atoms with E-state index < -0.39 is 15.9 Å². The van der Waals surface area contributed by atoms with Crippen LogP contribution in [0.15, 0.2) is 5.10 Å². The number of rotatable bonds is 1. The fraction of sp³-hybridized carbons (Fsp3) is 0.500. The van der Waals surface area contributed by atoms with Crippen molar-refractivity contribution in [2.75, 3.05) is 7.05 Å². The normalized spacial score (nSPS) is 17.1. The number of hydrogen-bond acceptors (Lipinski definition) is 7. The fourth-order valence-electron chi connectivity index (χ4n) is 0.635. The molecule has 0 aromatic heterocycles. The molecule has 0 aromatic carbocycles. The van der Waals surface area contributed by atoms with Crippen molar-refractivity contribution < 1.29 is 9.96 Å². The molecule has 0 unspecified atom stereocenters. The van der Waals surface area contributed by atoms with E-state index in [0.717, 1.165) is 5.12 Å². The van der Waals surface area contributed by atoms with E-state index >= 15 is 0 Å². The Morgan fingerprint density at radius 3 is 2.42 bits per heavy atom. The third kappa shape index (κ3) is 1.10. The van der Waals surface area contributed by atoms with Gasteiger partial charge in [-0.25, -0.2) is 10.1 Å². The van der Waals surface area contributed by atoms with Crippen LogP contribution < -0.4 is 5.53 Å². The zero-order valence-corrected chi connectivity index (χ0v) is 5.87. The molecule has 1 heterocycles. The third-order valence-electron chi connectivity index (χ3n) is 1.08. The number of nitro groups is 2. The minimum Gasteiger partial charge on any atom is -0.390 e. The van der Waals surface area contributed by atoms with Crippen LogP contribution >= 0.6 is 0 Å². The van der Waals surface area contributed by atoms with Crippen molar-refractivity contribution in [1.29, 1.82) is 0 Å². The van der Waals surface area contributed by atoms with Crippen LogP contribution in [0.1, 0.15) is 0 Å². The van der Waals surface area contributed by atoms with Crippen molar-refractivity contribution >= 4 is 5.96 Å². The van der Waals surface area contributed by atoms with E-state index in [0.29, 0.717) is 0 Å². The van der Waals surface area contributed by atoms with Crippen molar-refractivity contribution in [1.82, 2.24) is 15.8 Å².